The predicted octanol–water partition coefficient (Wildman–Crippen LogP) is 18.6. The summed E-state index contributed by atoms with van der Waals surface area (Å²) >= 11 is 0. The molecule has 0 bridgehead atoms. The van der Waals surface area contributed by atoms with Crippen LogP contribution >= 0.6 is 0 Å². The number of para-hydroxylation sites is 4. The third-order valence-corrected chi connectivity index (χ3v) is 11.4. The van der Waals surface area contributed by atoms with E-state index in [0.29, 0.717) is 47.3 Å². The Bertz CT molecular complexity index is 2060. The van der Waals surface area contributed by atoms with Crippen molar-refractivity contribution in [1.82, 2.24) is 10.0 Å². The second kappa shape index (κ2) is 36.5. The van der Waals surface area contributed by atoms with Gasteiger partial charge in [-0.15, -0.1) is 11.4 Å². The van der Waals surface area contributed by atoms with Gasteiger partial charge < -0.3 is 24.1 Å². The number of nitrogens with two attached hydrogens (primary N) is 2. The molecule has 0 heterocycles. The molecular formula is C62H98Fe2N8S+2. The Balaban J connectivity index is -0.00000113. The molecule has 4 N–H and O–H groups in total. The van der Waals surface area contributed by atoms with E-state index in [1.54, 1.807) is 28.2 Å². The van der Waals surface area contributed by atoms with Gasteiger partial charge in [0.05, 0.1) is 11.4 Å². The fraction of sp³-hybridized carbons (Fsp3) is 0.516. The molecule has 73 heavy (non-hydrogen) atoms. The summed E-state index contributed by atoms with van der Waals surface area (Å²) in [5, 5.41) is 13.2. The average Bonchev–Trinajstić information content (AvgIpc) is 3.22. The summed E-state index contributed by atoms with van der Waals surface area (Å²) in [6.45, 7) is 44.1. The van der Waals surface area contributed by atoms with Crippen LogP contribution in [0.25, 0.3) is 10.6 Å². The van der Waals surface area contributed by atoms with Crippen LogP contribution in [0.4, 0.5) is 22.7 Å². The van der Waals surface area contributed by atoms with Gasteiger partial charge in [0, 0.05) is 39.6 Å². The number of hydrogen-bond donors (Lipinski definition) is 2. The minimum atomic E-state index is 0. The van der Waals surface area contributed by atoms with E-state index in [4.69, 9.17) is 32.3 Å². The Hall–Kier alpha value is -3.47. The summed E-state index contributed by atoms with van der Waals surface area (Å²) in [5.41, 5.74) is 18.9. The van der Waals surface area contributed by atoms with Crippen LogP contribution in [0.2, 0.25) is 0 Å². The van der Waals surface area contributed by atoms with Gasteiger partial charge in [0.15, 0.2) is 0 Å². The minimum Gasteiger partial charge on any atom is -2.00 e. The summed E-state index contributed by atoms with van der Waals surface area (Å²) < 4.78 is 0. The van der Waals surface area contributed by atoms with Gasteiger partial charge in [0.2, 0.25) is 0 Å². The standard InChI is InChI=1S/2C29H41N2.2C2H8N2.2Fe.S/c2*1-18(2)24-13-11-14-25(19(3)4)28(24)30-22(9)17-23(10)31-29-26(20(5)6)15-12-16-27(29)21(7)8;2*1-4(2)3;;;/h2*11-21H,1-10H3;2*3H2,1-2H3;;;/q2*-1;;;2*+3;-2/b2*22-17-,31-23?;;;;;. The molecule has 0 fully saturated rings. The normalized spacial score (nSPS) is 12.1. The largest absolute Gasteiger partial charge is 3.00 e. The number of nitrogens with zero attached hydrogens (tertiary/aromatic N) is 6. The molecule has 0 aliphatic heterocycles. The molecule has 4 aromatic carbocycles. The van der Waals surface area contributed by atoms with Gasteiger partial charge in [-0.2, -0.15) is 11.4 Å². The van der Waals surface area contributed by atoms with E-state index >= 15 is 0 Å². The number of aliphatic imine (C=N–C) groups is 2. The van der Waals surface area contributed by atoms with Crippen LogP contribution in [0.5, 0.6) is 0 Å². The number of hydrazine groups is 2. The fourth-order valence-electron chi connectivity index (χ4n) is 8.00. The van der Waals surface area contributed by atoms with Crippen molar-refractivity contribution in [2.24, 2.45) is 21.7 Å². The second-order valence-electron chi connectivity index (χ2n) is 21.6. The van der Waals surface area contributed by atoms with Crippen molar-refractivity contribution in [1.29, 1.82) is 0 Å². The van der Waals surface area contributed by atoms with E-state index in [1.165, 1.54) is 54.5 Å². The maximum absolute atomic E-state index is 5.08. The van der Waals surface area contributed by atoms with Gasteiger partial charge in [-0.25, -0.2) is 0 Å². The second-order valence-corrected chi connectivity index (χ2v) is 21.6. The van der Waals surface area contributed by atoms with Crippen LogP contribution in [-0.4, -0.2) is 49.6 Å². The molecule has 0 saturated heterocycles. The summed E-state index contributed by atoms with van der Waals surface area (Å²) in [6, 6.07) is 26.3. The SMILES string of the molecule is CC(/C=C(/C)[N-]c1c(C(C)C)cccc1C(C)C)=Nc1c(C(C)C)cccc1C(C)C.CC(/C=C(/C)[N-]c1c(C(C)C)cccc1C(C)C)=Nc1c(C(C)C)cccc1C(C)C.CN(C)N.CN(C)N.[Fe+3].[Fe+3].[S-2]. The molecule has 0 aliphatic carbocycles. The molecule has 0 aliphatic rings. The number of hydrogen-bond acceptors (Lipinski definition) is 6. The summed E-state index contributed by atoms with van der Waals surface area (Å²) in [4.78, 5) is 10.2. The van der Waals surface area contributed by atoms with Crippen molar-refractivity contribution in [3.63, 3.8) is 0 Å². The van der Waals surface area contributed by atoms with Gasteiger partial charge in [-0.1, -0.05) is 232 Å². The number of rotatable bonds is 16. The molecule has 0 saturated carbocycles. The van der Waals surface area contributed by atoms with Gasteiger partial charge in [-0.3, -0.25) is 31.7 Å². The minimum absolute atomic E-state index is 0. The van der Waals surface area contributed by atoms with Crippen LogP contribution < -0.4 is 11.7 Å². The van der Waals surface area contributed by atoms with Crippen molar-refractivity contribution >= 4 is 47.7 Å². The summed E-state index contributed by atoms with van der Waals surface area (Å²) in [5.74, 6) is 13.4. The first kappa shape index (κ1) is 73.8. The van der Waals surface area contributed by atoms with Crippen molar-refractivity contribution in [2.75, 3.05) is 28.2 Å². The molecule has 0 aromatic heterocycles. The molecule has 2 radical (unpaired) electrons. The Morgan fingerprint density at radius 3 is 0.712 bits per heavy atom. The molecule has 0 spiro atoms. The topological polar surface area (TPSA) is 111 Å². The van der Waals surface area contributed by atoms with Crippen LogP contribution in [0.3, 0.4) is 0 Å². The van der Waals surface area contributed by atoms with Crippen molar-refractivity contribution < 1.29 is 34.1 Å². The van der Waals surface area contributed by atoms with E-state index in [9.17, 15) is 0 Å². The molecule has 0 unspecified atom stereocenters. The quantitative estimate of drug-likeness (QED) is 0.0504. The van der Waals surface area contributed by atoms with E-state index in [-0.39, 0.29) is 47.6 Å². The maximum Gasteiger partial charge on any atom is 3.00 e. The third-order valence-electron chi connectivity index (χ3n) is 11.4. The first-order valence-electron chi connectivity index (χ1n) is 25.8. The molecule has 0 amide bonds. The summed E-state index contributed by atoms with van der Waals surface area (Å²) in [7, 11) is 7.11. The first-order chi connectivity index (χ1) is 32.5. The van der Waals surface area contributed by atoms with E-state index in [2.05, 4.69) is 223 Å². The van der Waals surface area contributed by atoms with Crippen molar-refractivity contribution in [3.05, 3.63) is 151 Å². The Morgan fingerprint density at radius 1 is 0.384 bits per heavy atom. The van der Waals surface area contributed by atoms with E-state index in [0.717, 1.165) is 45.6 Å². The Morgan fingerprint density at radius 2 is 0.548 bits per heavy atom. The van der Waals surface area contributed by atoms with Crippen molar-refractivity contribution in [3.8, 4) is 0 Å². The molecule has 4 aromatic rings. The number of allylic oxidation sites excluding steroid dienone is 4. The third kappa shape index (κ3) is 25.8. The van der Waals surface area contributed by atoms with Crippen LogP contribution in [0, 0.1) is 0 Å². The van der Waals surface area contributed by atoms with Gasteiger partial charge in [-0.05, 0) is 83.4 Å². The first-order valence-corrected chi connectivity index (χ1v) is 25.8. The zero-order valence-electron chi connectivity index (χ0n) is 49.7. The molecule has 8 nitrogen and oxygen atoms in total. The zero-order valence-corrected chi connectivity index (χ0v) is 52.7. The van der Waals surface area contributed by atoms with Crippen LogP contribution in [0.1, 0.15) is 230 Å². The van der Waals surface area contributed by atoms with Crippen molar-refractivity contribution in [2.45, 2.75) is 186 Å². The van der Waals surface area contributed by atoms with Gasteiger partial charge in [0.1, 0.15) is 0 Å². The van der Waals surface area contributed by atoms with Crippen LogP contribution in [0.15, 0.2) is 106 Å². The van der Waals surface area contributed by atoms with Gasteiger partial charge in [0.25, 0.3) is 0 Å². The summed E-state index contributed by atoms with van der Waals surface area (Å²) in [6.07, 6.45) is 4.23. The molecule has 11 heteroatoms. The van der Waals surface area contributed by atoms with E-state index < -0.39 is 0 Å². The van der Waals surface area contributed by atoms with Crippen LogP contribution in [-0.2, 0) is 47.6 Å². The molecular weight excluding hydrogens is 1000 g/mol. The molecule has 4 rings (SSSR count). The average molecular weight is 1100 g/mol. The smallest absolute Gasteiger partial charge is 2.00 e. The molecule has 406 valence electrons. The maximum atomic E-state index is 5.08. The Kier molecular flexibility index (Phi) is 36.9. The fourth-order valence-corrected chi connectivity index (χ4v) is 8.00. The monoisotopic (exact) mass is 1100 g/mol. The van der Waals surface area contributed by atoms with E-state index in [1.807, 2.05) is 0 Å². The predicted molar refractivity (Wildman–Crippen MR) is 321 cm³/mol. The molecule has 0 atom stereocenters. The Labute approximate surface area is 476 Å². The zero-order chi connectivity index (χ0) is 53.7. The number of benzene rings is 4. The van der Waals surface area contributed by atoms with Gasteiger partial charge >= 0.3 is 34.1 Å².